The first-order valence-electron chi connectivity index (χ1n) is 9.28. The molecule has 0 unspecified atom stereocenters. The van der Waals surface area contributed by atoms with Crippen LogP contribution in [0.3, 0.4) is 0 Å². The molecule has 0 aromatic carbocycles. The van der Waals surface area contributed by atoms with Gasteiger partial charge in [0.25, 0.3) is 0 Å². The van der Waals surface area contributed by atoms with Gasteiger partial charge in [-0.3, -0.25) is 9.79 Å². The van der Waals surface area contributed by atoms with E-state index in [1.54, 1.807) is 30.8 Å². The number of hydrogen-bond acceptors (Lipinski definition) is 6. The molecular formula is C19H27ClN4O2S. The van der Waals surface area contributed by atoms with Gasteiger partial charge < -0.3 is 21.1 Å². The van der Waals surface area contributed by atoms with Gasteiger partial charge in [-0.1, -0.05) is 11.6 Å². The fourth-order valence-electron chi connectivity index (χ4n) is 4.01. The molecule has 8 heteroatoms. The molecule has 148 valence electrons. The smallest absolute Gasteiger partial charge is 0.241 e. The molecule has 1 aromatic heterocycles. The molecule has 3 rings (SSSR count). The number of aliphatic imine (C=N–C) groups is 1. The summed E-state index contributed by atoms with van der Waals surface area (Å²) >= 11 is 7.94. The van der Waals surface area contributed by atoms with Crippen LogP contribution in [-0.4, -0.2) is 44.4 Å². The van der Waals surface area contributed by atoms with Crippen LogP contribution in [0.2, 0.25) is 4.34 Å². The maximum atomic E-state index is 11.4. The maximum Gasteiger partial charge on any atom is 0.241 e. The van der Waals surface area contributed by atoms with E-state index in [0.717, 1.165) is 42.2 Å². The number of carbonyl (C=O) groups is 1. The highest BCUT2D eigenvalue weighted by atomic mass is 35.5. The molecule has 3 atom stereocenters. The first-order chi connectivity index (χ1) is 13.0. The molecule has 2 aliphatic rings. The second kappa shape index (κ2) is 8.73. The number of thiophene rings is 1. The third-order valence-electron chi connectivity index (χ3n) is 5.25. The predicted octanol–water partition coefficient (Wildman–Crippen LogP) is 2.36. The lowest BCUT2D eigenvalue weighted by Gasteiger charge is -2.37. The van der Waals surface area contributed by atoms with E-state index < -0.39 is 0 Å². The Hall–Kier alpha value is -1.41. The molecule has 1 aromatic rings. The first-order valence-corrected chi connectivity index (χ1v) is 10.5. The van der Waals surface area contributed by atoms with Crippen molar-refractivity contribution in [3.8, 4) is 0 Å². The summed E-state index contributed by atoms with van der Waals surface area (Å²) in [4.78, 5) is 16.9. The Kier molecular flexibility index (Phi) is 6.57. The normalized spacial score (nSPS) is 28.9. The summed E-state index contributed by atoms with van der Waals surface area (Å²) in [5.41, 5.74) is 7.79. The van der Waals surface area contributed by atoms with Crippen molar-refractivity contribution < 1.29 is 9.53 Å². The lowest BCUT2D eigenvalue weighted by molar-refractivity contribution is -0.119. The Bertz CT molecular complexity index is 748. The molecule has 1 saturated heterocycles. The first kappa shape index (κ1) is 20.3. The van der Waals surface area contributed by atoms with Crippen LogP contribution in [0.1, 0.15) is 36.6 Å². The van der Waals surface area contributed by atoms with Gasteiger partial charge in [-0.05, 0) is 44.2 Å². The fraction of sp³-hybridized carbons (Fsp3) is 0.579. The van der Waals surface area contributed by atoms with Gasteiger partial charge in [-0.2, -0.15) is 0 Å². The highest BCUT2D eigenvalue weighted by Gasteiger charge is 2.43. The summed E-state index contributed by atoms with van der Waals surface area (Å²) in [6, 6.07) is 2.40. The summed E-state index contributed by atoms with van der Waals surface area (Å²) in [6.45, 7) is 2.99. The van der Waals surface area contributed by atoms with Gasteiger partial charge in [0.05, 0.1) is 10.9 Å². The van der Waals surface area contributed by atoms with Gasteiger partial charge in [0.15, 0.2) is 0 Å². The summed E-state index contributed by atoms with van der Waals surface area (Å²) < 4.78 is 7.19. The number of likely N-dealkylation sites (N-methyl/N-ethyl adjacent to an activating group) is 1. The minimum absolute atomic E-state index is 0.0715. The summed E-state index contributed by atoms with van der Waals surface area (Å²) in [7, 11) is 1.60. The number of rotatable bonds is 4. The highest BCUT2D eigenvalue weighted by Crippen LogP contribution is 2.47. The van der Waals surface area contributed by atoms with Crippen molar-refractivity contribution in [3.63, 3.8) is 0 Å². The van der Waals surface area contributed by atoms with Crippen molar-refractivity contribution >= 4 is 35.1 Å². The molecular weight excluding hydrogens is 384 g/mol. The van der Waals surface area contributed by atoms with Gasteiger partial charge in [0.2, 0.25) is 5.91 Å². The van der Waals surface area contributed by atoms with Gasteiger partial charge in [0, 0.05) is 42.0 Å². The minimum atomic E-state index is -0.286. The van der Waals surface area contributed by atoms with E-state index in [1.165, 1.54) is 10.4 Å². The zero-order valence-electron chi connectivity index (χ0n) is 15.8. The van der Waals surface area contributed by atoms with Crippen LogP contribution in [-0.2, 0) is 21.6 Å². The van der Waals surface area contributed by atoms with Crippen LogP contribution in [0.5, 0.6) is 0 Å². The summed E-state index contributed by atoms with van der Waals surface area (Å²) in [5, 5.41) is 6.20. The Balaban J connectivity index is 1.77. The van der Waals surface area contributed by atoms with E-state index in [-0.39, 0.29) is 30.1 Å². The van der Waals surface area contributed by atoms with Gasteiger partial charge in [-0.15, -0.1) is 11.3 Å². The Morgan fingerprint density at radius 3 is 3.19 bits per heavy atom. The number of halogens is 1. The van der Waals surface area contributed by atoms with Crippen molar-refractivity contribution in [3.05, 3.63) is 32.6 Å². The van der Waals surface area contributed by atoms with Crippen LogP contribution < -0.4 is 16.4 Å². The molecule has 0 bridgehead atoms. The van der Waals surface area contributed by atoms with Crippen molar-refractivity contribution in [1.82, 2.24) is 10.6 Å². The molecule has 0 radical (unpaired) electrons. The van der Waals surface area contributed by atoms with Gasteiger partial charge >= 0.3 is 0 Å². The number of nitrogens with one attached hydrogen (secondary N) is 2. The van der Waals surface area contributed by atoms with E-state index in [9.17, 15) is 4.79 Å². The largest absolute Gasteiger partial charge is 0.404 e. The molecule has 6 nitrogen and oxygen atoms in total. The zero-order valence-corrected chi connectivity index (χ0v) is 17.3. The number of ether oxygens (including phenoxy) is 1. The van der Waals surface area contributed by atoms with E-state index >= 15 is 0 Å². The average Bonchev–Trinajstić information content (AvgIpc) is 2.96. The molecule has 2 aliphatic heterocycles. The van der Waals surface area contributed by atoms with Crippen LogP contribution in [0.4, 0.5) is 0 Å². The zero-order chi connectivity index (χ0) is 19.4. The molecule has 1 spiro atoms. The number of amides is 1. The number of hydrogen-bond donors (Lipinski definition) is 3. The molecule has 0 aliphatic carbocycles. The van der Waals surface area contributed by atoms with Crippen molar-refractivity contribution in [1.29, 1.82) is 0 Å². The third-order valence-corrected chi connectivity index (χ3v) is 6.74. The number of carbonyl (C=O) groups excluding carboxylic acids is 1. The second-order valence-electron chi connectivity index (χ2n) is 7.17. The number of nitrogens with two attached hydrogens (primary N) is 1. The topological polar surface area (TPSA) is 88.7 Å². The van der Waals surface area contributed by atoms with E-state index in [4.69, 9.17) is 22.1 Å². The van der Waals surface area contributed by atoms with Crippen LogP contribution >= 0.6 is 22.9 Å². The van der Waals surface area contributed by atoms with E-state index in [2.05, 4.69) is 28.6 Å². The fourth-order valence-corrected chi connectivity index (χ4v) is 5.49. The van der Waals surface area contributed by atoms with Gasteiger partial charge in [0.1, 0.15) is 12.1 Å². The molecule has 1 amide bonds. The lowest BCUT2D eigenvalue weighted by Crippen LogP contribution is -2.40. The monoisotopic (exact) mass is 410 g/mol. The molecule has 0 saturated carbocycles. The Morgan fingerprint density at radius 1 is 1.63 bits per heavy atom. The van der Waals surface area contributed by atoms with Crippen LogP contribution in [0.25, 0.3) is 0 Å². The highest BCUT2D eigenvalue weighted by molar-refractivity contribution is 7.16. The maximum absolute atomic E-state index is 11.4. The Morgan fingerprint density at radius 2 is 2.44 bits per heavy atom. The van der Waals surface area contributed by atoms with E-state index in [0.29, 0.717) is 0 Å². The van der Waals surface area contributed by atoms with Crippen LogP contribution in [0, 0.1) is 0 Å². The molecule has 1 fully saturated rings. The molecule has 3 heterocycles. The Labute approximate surface area is 169 Å². The molecule has 27 heavy (non-hydrogen) atoms. The third kappa shape index (κ3) is 4.54. The number of fused-ring (bicyclic) bond motifs is 2. The summed E-state index contributed by atoms with van der Waals surface area (Å²) in [6.07, 6.45) is 6.84. The van der Waals surface area contributed by atoms with Crippen molar-refractivity contribution in [2.24, 2.45) is 10.7 Å². The summed E-state index contributed by atoms with van der Waals surface area (Å²) in [5.74, 6) is -0.124. The van der Waals surface area contributed by atoms with Crippen molar-refractivity contribution in [2.45, 2.75) is 50.3 Å². The second-order valence-corrected chi connectivity index (χ2v) is 8.85. The quantitative estimate of drug-likeness (QED) is 0.665. The molecule has 4 N–H and O–H groups in total. The van der Waals surface area contributed by atoms with Crippen molar-refractivity contribution in [2.75, 3.05) is 20.2 Å². The SMILES string of the molecule is CNC(=O)CN=CC(=CN)[C@@H]1CC[C@]2(C[C@H](C)N1)OCCc1cc(Cl)sc12. The predicted molar refractivity (Wildman–Crippen MR) is 111 cm³/mol. The van der Waals surface area contributed by atoms with Gasteiger partial charge in [-0.25, -0.2) is 0 Å². The lowest BCUT2D eigenvalue weighted by atomic mass is 9.85. The average molecular weight is 411 g/mol. The van der Waals surface area contributed by atoms with E-state index in [1.807, 2.05) is 0 Å². The number of nitrogens with zero attached hydrogens (tertiary/aromatic N) is 1. The van der Waals surface area contributed by atoms with Crippen LogP contribution in [0.15, 0.2) is 22.8 Å². The standard InChI is InChI=1S/C19H27ClN4O2S/c1-12-8-19(18-13(4-6-26-19)7-16(20)27-18)5-3-15(24-12)14(9-21)10-23-11-17(25)22-2/h7,9-10,12,15,24H,3-6,8,11,21H2,1-2H3,(H,22,25)/t12-,15-,19+/m0/s1. The minimum Gasteiger partial charge on any atom is -0.404 e.